The van der Waals surface area contributed by atoms with Gasteiger partial charge >= 0.3 is 5.97 Å². The molecular formula is C43H51N3O7. The Kier molecular flexibility index (Phi) is 12.1. The van der Waals surface area contributed by atoms with Crippen LogP contribution in [0.25, 0.3) is 10.8 Å². The molecule has 1 spiro atoms. The molecule has 3 heterocycles. The number of carbonyl (C=O) groups excluding carboxylic acids is 4. The highest BCUT2D eigenvalue weighted by molar-refractivity contribution is 6.05. The second kappa shape index (κ2) is 16.9. The summed E-state index contributed by atoms with van der Waals surface area (Å²) in [6, 6.07) is 21.5. The average Bonchev–Trinajstić information content (AvgIpc) is 3.82. The van der Waals surface area contributed by atoms with E-state index < -0.39 is 47.7 Å². The molecule has 10 nitrogen and oxygen atoms in total. The monoisotopic (exact) mass is 721 g/mol. The van der Waals surface area contributed by atoms with Crippen molar-refractivity contribution in [2.45, 2.75) is 88.2 Å². The van der Waals surface area contributed by atoms with Crippen LogP contribution in [0, 0.1) is 11.8 Å². The van der Waals surface area contributed by atoms with E-state index in [0.717, 1.165) is 23.6 Å². The van der Waals surface area contributed by atoms with Gasteiger partial charge in [-0.15, -0.1) is 13.2 Å². The Morgan fingerprint density at radius 3 is 2.49 bits per heavy atom. The van der Waals surface area contributed by atoms with E-state index in [0.29, 0.717) is 49.9 Å². The lowest BCUT2D eigenvalue weighted by Crippen LogP contribution is -2.56. The molecule has 3 saturated heterocycles. The summed E-state index contributed by atoms with van der Waals surface area (Å²) in [6.45, 7) is 10.1. The maximum Gasteiger partial charge on any atom is 0.313 e. The smallest absolute Gasteiger partial charge is 0.313 e. The fourth-order valence-corrected chi connectivity index (χ4v) is 8.57. The van der Waals surface area contributed by atoms with E-state index in [9.17, 15) is 19.5 Å². The van der Waals surface area contributed by atoms with Crippen LogP contribution in [0.3, 0.4) is 0 Å². The zero-order valence-electron chi connectivity index (χ0n) is 30.5. The van der Waals surface area contributed by atoms with Crippen LogP contribution >= 0.6 is 0 Å². The molecule has 53 heavy (non-hydrogen) atoms. The molecule has 280 valence electrons. The number of carbonyl (C=O) groups is 4. The van der Waals surface area contributed by atoms with Crippen molar-refractivity contribution in [1.82, 2.24) is 10.2 Å². The number of benzene rings is 3. The summed E-state index contributed by atoms with van der Waals surface area (Å²) >= 11 is 0. The molecule has 0 radical (unpaired) electrons. The van der Waals surface area contributed by atoms with Crippen molar-refractivity contribution < 1.29 is 33.8 Å². The van der Waals surface area contributed by atoms with E-state index in [1.54, 1.807) is 28.9 Å². The number of likely N-dealkylation sites (tertiary alicyclic amines) is 1. The largest absolute Gasteiger partial charge is 0.455 e. The summed E-state index contributed by atoms with van der Waals surface area (Å²) in [6.07, 6.45) is 6.52. The molecule has 3 amide bonds. The lowest BCUT2D eigenvalue weighted by atomic mass is 9.70. The van der Waals surface area contributed by atoms with Gasteiger partial charge in [-0.05, 0) is 67.5 Å². The third-order valence-corrected chi connectivity index (χ3v) is 11.0. The highest BCUT2D eigenvalue weighted by Crippen LogP contribution is 2.59. The van der Waals surface area contributed by atoms with Crippen LogP contribution < -0.4 is 10.2 Å². The Hall–Kier alpha value is -4.80. The normalized spacial score (nSPS) is 24.0. The molecule has 2 N–H and O–H groups in total. The van der Waals surface area contributed by atoms with E-state index in [1.165, 1.54) is 0 Å². The minimum absolute atomic E-state index is 0.0946. The number of aliphatic hydroxyl groups excluding tert-OH is 1. The van der Waals surface area contributed by atoms with Crippen molar-refractivity contribution in [3.05, 3.63) is 104 Å². The van der Waals surface area contributed by atoms with E-state index in [4.69, 9.17) is 9.47 Å². The quantitative estimate of drug-likeness (QED) is 0.0933. The van der Waals surface area contributed by atoms with Gasteiger partial charge in [0.15, 0.2) is 0 Å². The van der Waals surface area contributed by atoms with Gasteiger partial charge in [-0.3, -0.25) is 19.2 Å². The first-order valence-corrected chi connectivity index (χ1v) is 18.9. The highest BCUT2D eigenvalue weighted by Gasteiger charge is 2.75. The second-order valence-corrected chi connectivity index (χ2v) is 14.4. The molecule has 0 aromatic heterocycles. The number of allylic oxidation sites excluding steroid dienone is 1. The number of anilines is 1. The number of unbranched alkanes of at least 4 members (excludes halogenated alkanes) is 3. The molecule has 0 saturated carbocycles. The number of hydrogen-bond donors (Lipinski definition) is 2. The molecule has 3 aliphatic heterocycles. The zero-order valence-corrected chi connectivity index (χ0v) is 30.5. The molecule has 0 unspecified atom stereocenters. The van der Waals surface area contributed by atoms with Crippen molar-refractivity contribution in [2.24, 2.45) is 11.8 Å². The molecule has 2 bridgehead atoms. The van der Waals surface area contributed by atoms with Crippen molar-refractivity contribution in [3.63, 3.8) is 0 Å². The Bertz CT molecular complexity index is 1810. The Morgan fingerprint density at radius 2 is 1.75 bits per heavy atom. The van der Waals surface area contributed by atoms with Crippen molar-refractivity contribution in [2.75, 3.05) is 24.6 Å². The van der Waals surface area contributed by atoms with Crippen LogP contribution in [-0.2, 0) is 28.7 Å². The molecule has 3 aromatic rings. The van der Waals surface area contributed by atoms with Crippen LogP contribution in [0.15, 0.2) is 98.1 Å². The molecular weight excluding hydrogens is 670 g/mol. The minimum atomic E-state index is -1.21. The topological polar surface area (TPSA) is 125 Å². The number of fused-ring (bicyclic) bond motifs is 2. The molecule has 6 rings (SSSR count). The summed E-state index contributed by atoms with van der Waals surface area (Å²) in [4.78, 5) is 60.1. The van der Waals surface area contributed by atoms with Gasteiger partial charge in [0.25, 0.3) is 5.91 Å². The molecule has 10 heteroatoms. The van der Waals surface area contributed by atoms with Crippen LogP contribution in [0.5, 0.6) is 0 Å². The van der Waals surface area contributed by atoms with Crippen LogP contribution in [0.4, 0.5) is 5.69 Å². The average molecular weight is 722 g/mol. The predicted molar refractivity (Wildman–Crippen MR) is 204 cm³/mol. The van der Waals surface area contributed by atoms with E-state index in [2.05, 4.69) is 18.5 Å². The highest BCUT2D eigenvalue weighted by atomic mass is 16.6. The van der Waals surface area contributed by atoms with Crippen molar-refractivity contribution in [1.29, 1.82) is 0 Å². The molecule has 0 aliphatic carbocycles. The van der Waals surface area contributed by atoms with Crippen molar-refractivity contribution in [3.8, 4) is 0 Å². The lowest BCUT2D eigenvalue weighted by molar-refractivity contribution is -0.162. The van der Waals surface area contributed by atoms with Gasteiger partial charge in [-0.2, -0.15) is 0 Å². The maximum atomic E-state index is 15.0. The maximum absolute atomic E-state index is 15.0. The SMILES string of the molecule is C=CCCC(=O)N[C@H](C)[C@@H](OC(=O)[C@@H]1[C@H]2C(=O)N(CCCCCCO)[C@H](C(=O)N(CC=C)c3ccc4ccccc4c3)[C@]23CC[C@H]1O3)c1ccccc1. The second-order valence-electron chi connectivity index (χ2n) is 14.4. The first kappa shape index (κ1) is 37.9. The zero-order chi connectivity index (χ0) is 37.5. The van der Waals surface area contributed by atoms with Crippen LogP contribution in [0.1, 0.15) is 70.0 Å². The molecule has 3 aromatic carbocycles. The Labute approximate surface area is 311 Å². The minimum Gasteiger partial charge on any atom is -0.455 e. The number of rotatable bonds is 18. The number of aliphatic hydroxyl groups is 1. The van der Waals surface area contributed by atoms with Gasteiger partial charge in [0, 0.05) is 31.8 Å². The number of ether oxygens (including phenoxy) is 2. The number of nitrogens with one attached hydrogen (secondary N) is 1. The third-order valence-electron chi connectivity index (χ3n) is 11.0. The summed E-state index contributed by atoms with van der Waals surface area (Å²) in [5.41, 5.74) is 0.181. The number of nitrogens with zero attached hydrogens (tertiary/aromatic N) is 2. The summed E-state index contributed by atoms with van der Waals surface area (Å²) < 4.78 is 13.0. The number of hydrogen-bond acceptors (Lipinski definition) is 7. The molecule has 3 aliphatic rings. The number of amides is 3. The van der Waals surface area contributed by atoms with Crippen molar-refractivity contribution >= 4 is 40.2 Å². The van der Waals surface area contributed by atoms with Gasteiger partial charge in [0.1, 0.15) is 17.7 Å². The fraction of sp³-hybridized carbons (Fsp3) is 0.442. The summed E-state index contributed by atoms with van der Waals surface area (Å²) in [5, 5.41) is 14.3. The Morgan fingerprint density at radius 1 is 1.02 bits per heavy atom. The Balaban J connectivity index is 1.32. The van der Waals surface area contributed by atoms with Crippen LogP contribution in [0.2, 0.25) is 0 Å². The van der Waals surface area contributed by atoms with E-state index in [1.807, 2.05) is 72.8 Å². The van der Waals surface area contributed by atoms with Gasteiger partial charge in [0.2, 0.25) is 11.8 Å². The third kappa shape index (κ3) is 7.66. The molecule has 7 atom stereocenters. The summed E-state index contributed by atoms with van der Waals surface area (Å²) in [5.74, 6) is -3.16. The number of esters is 1. The van der Waals surface area contributed by atoms with E-state index >= 15 is 4.79 Å². The van der Waals surface area contributed by atoms with Gasteiger partial charge < -0.3 is 29.7 Å². The summed E-state index contributed by atoms with van der Waals surface area (Å²) in [7, 11) is 0. The first-order chi connectivity index (χ1) is 25.7. The van der Waals surface area contributed by atoms with Gasteiger partial charge in [-0.25, -0.2) is 0 Å². The first-order valence-electron chi connectivity index (χ1n) is 18.9. The van der Waals surface area contributed by atoms with Gasteiger partial charge in [-0.1, -0.05) is 85.7 Å². The van der Waals surface area contributed by atoms with E-state index in [-0.39, 0.29) is 37.3 Å². The fourth-order valence-electron chi connectivity index (χ4n) is 8.57. The molecule has 3 fully saturated rings. The lowest BCUT2D eigenvalue weighted by Gasteiger charge is -2.37. The predicted octanol–water partition coefficient (Wildman–Crippen LogP) is 6.04. The van der Waals surface area contributed by atoms with Gasteiger partial charge in [0.05, 0.1) is 24.0 Å². The van der Waals surface area contributed by atoms with Crippen LogP contribution in [-0.4, -0.2) is 77.2 Å². The standard InChI is InChI=1S/C43H51N3O7/c1-4-6-20-35(48)44-29(3)38(31-17-10-9-11-18-31)52-42(51)36-34-23-24-43(53-34)37(36)40(49)46(26-14-7-8-15-27-47)39(43)41(50)45(25-5-2)33-22-21-30-16-12-13-19-32(30)28-33/h4-5,9-13,16-19,21-22,28-29,34,36-39,47H,1-2,6-8,14-15,20,23-27H2,3H3,(H,44,48)/t29-,34-,36+,37+,38-,39-,43+/m1/s1.